The molecule has 1 atom stereocenters. The number of fused-ring (bicyclic) bond motifs is 1. The summed E-state index contributed by atoms with van der Waals surface area (Å²) in [6, 6.07) is 7.37. The number of aliphatic hydroxyl groups excluding tert-OH is 1. The van der Waals surface area contributed by atoms with Gasteiger partial charge in [0.2, 0.25) is 11.8 Å². The van der Waals surface area contributed by atoms with Crippen molar-refractivity contribution in [2.24, 2.45) is 0 Å². The fourth-order valence-electron chi connectivity index (χ4n) is 4.06. The number of rotatable bonds is 3. The van der Waals surface area contributed by atoms with Gasteiger partial charge in [0.1, 0.15) is 5.60 Å². The van der Waals surface area contributed by atoms with Crippen LogP contribution in [0.25, 0.3) is 0 Å². The largest absolute Gasteiger partial charge is 0.471 e. The number of ether oxygens (including phenoxy) is 1. The molecule has 28 heavy (non-hydrogen) atoms. The highest BCUT2D eigenvalue weighted by molar-refractivity contribution is 5.78. The van der Waals surface area contributed by atoms with Gasteiger partial charge in [-0.1, -0.05) is 24.3 Å². The first-order valence-electron chi connectivity index (χ1n) is 9.49. The van der Waals surface area contributed by atoms with Gasteiger partial charge in [0.15, 0.2) is 0 Å². The summed E-state index contributed by atoms with van der Waals surface area (Å²) >= 11 is 0. The van der Waals surface area contributed by atoms with E-state index < -0.39 is 16.9 Å². The zero-order chi connectivity index (χ0) is 19.7. The normalized spacial score (nSPS) is 21.2. The van der Waals surface area contributed by atoms with Crippen LogP contribution in [0.15, 0.2) is 33.9 Å². The van der Waals surface area contributed by atoms with E-state index in [4.69, 9.17) is 9.84 Å². The van der Waals surface area contributed by atoms with Gasteiger partial charge in [0, 0.05) is 25.9 Å². The number of H-pyrrole nitrogens is 2. The van der Waals surface area contributed by atoms with Crippen molar-refractivity contribution < 1.29 is 14.6 Å². The smallest absolute Gasteiger partial charge is 0.328 e. The van der Waals surface area contributed by atoms with Crippen LogP contribution in [0.4, 0.5) is 0 Å². The fourth-order valence-corrected chi connectivity index (χ4v) is 4.06. The van der Waals surface area contributed by atoms with Crippen LogP contribution in [0, 0.1) is 0 Å². The maximum Gasteiger partial charge on any atom is 0.328 e. The second-order valence-corrected chi connectivity index (χ2v) is 7.56. The third kappa shape index (κ3) is 3.60. The number of nitrogens with one attached hydrogen (secondary N) is 2. The van der Waals surface area contributed by atoms with Crippen LogP contribution < -0.4 is 16.0 Å². The van der Waals surface area contributed by atoms with Crippen molar-refractivity contribution in [3.05, 3.63) is 61.8 Å². The van der Waals surface area contributed by atoms with E-state index in [0.717, 1.165) is 24.0 Å². The number of aliphatic hydroxyl groups is 1. The summed E-state index contributed by atoms with van der Waals surface area (Å²) in [6.45, 7) is 1.17. The minimum Gasteiger partial charge on any atom is -0.471 e. The zero-order valence-corrected chi connectivity index (χ0v) is 15.5. The number of carbonyl (C=O) groups is 1. The van der Waals surface area contributed by atoms with E-state index in [9.17, 15) is 14.4 Å². The third-order valence-corrected chi connectivity index (χ3v) is 5.63. The molecule has 0 radical (unpaired) electrons. The van der Waals surface area contributed by atoms with Crippen LogP contribution in [0.3, 0.4) is 0 Å². The van der Waals surface area contributed by atoms with Crippen LogP contribution in [-0.2, 0) is 24.2 Å². The van der Waals surface area contributed by atoms with Gasteiger partial charge in [0.05, 0.1) is 18.6 Å². The van der Waals surface area contributed by atoms with Crippen LogP contribution in [0.1, 0.15) is 36.0 Å². The lowest BCUT2D eigenvalue weighted by Gasteiger charge is -2.27. The first-order valence-corrected chi connectivity index (χ1v) is 9.49. The minimum absolute atomic E-state index is 0.0150. The summed E-state index contributed by atoms with van der Waals surface area (Å²) < 4.78 is 6.01. The van der Waals surface area contributed by atoms with Gasteiger partial charge < -0.3 is 14.7 Å². The molecule has 148 valence electrons. The van der Waals surface area contributed by atoms with Crippen molar-refractivity contribution in [3.8, 4) is 5.88 Å². The molecular formula is C20H23N3O5. The van der Waals surface area contributed by atoms with Gasteiger partial charge in [-0.25, -0.2) is 4.79 Å². The molecule has 1 amide bonds. The van der Waals surface area contributed by atoms with E-state index in [0.29, 0.717) is 37.9 Å². The molecule has 2 aliphatic heterocycles. The second-order valence-electron chi connectivity index (χ2n) is 7.56. The number of likely N-dealkylation sites (tertiary alicyclic amines) is 1. The van der Waals surface area contributed by atoms with Gasteiger partial charge in [0.25, 0.3) is 5.56 Å². The Morgan fingerprint density at radius 2 is 1.86 bits per heavy atom. The molecule has 2 aromatic rings. The Bertz CT molecular complexity index is 994. The van der Waals surface area contributed by atoms with Crippen molar-refractivity contribution in [1.29, 1.82) is 0 Å². The molecule has 1 unspecified atom stereocenters. The van der Waals surface area contributed by atoms with Crippen molar-refractivity contribution in [2.45, 2.75) is 44.3 Å². The molecule has 0 saturated carbocycles. The van der Waals surface area contributed by atoms with Crippen molar-refractivity contribution >= 4 is 5.91 Å². The SMILES string of the molecule is O=C(Cc1ccc(CO)cc1)N1CCCC2(CC1)Cc1c([nH]c(=O)[nH]c1=O)O2. The number of nitrogens with zero attached hydrogens (tertiary/aromatic N) is 1. The quantitative estimate of drug-likeness (QED) is 0.711. The topological polar surface area (TPSA) is 115 Å². The molecule has 8 nitrogen and oxygen atoms in total. The Kier molecular flexibility index (Phi) is 4.80. The summed E-state index contributed by atoms with van der Waals surface area (Å²) in [6.07, 6.45) is 2.85. The van der Waals surface area contributed by atoms with E-state index in [1.54, 1.807) is 0 Å². The number of aromatic amines is 2. The number of hydrogen-bond donors (Lipinski definition) is 3. The summed E-state index contributed by atoms with van der Waals surface area (Å²) in [7, 11) is 0. The summed E-state index contributed by atoms with van der Waals surface area (Å²) in [5, 5.41) is 9.12. The highest BCUT2D eigenvalue weighted by Gasteiger charge is 2.43. The summed E-state index contributed by atoms with van der Waals surface area (Å²) in [4.78, 5) is 42.9. The maximum atomic E-state index is 12.7. The van der Waals surface area contributed by atoms with Crippen molar-refractivity contribution in [3.63, 3.8) is 0 Å². The van der Waals surface area contributed by atoms with Crippen LogP contribution in [0.2, 0.25) is 0 Å². The van der Waals surface area contributed by atoms with Gasteiger partial charge in [-0.05, 0) is 24.0 Å². The zero-order valence-electron chi connectivity index (χ0n) is 15.5. The Morgan fingerprint density at radius 3 is 2.61 bits per heavy atom. The van der Waals surface area contributed by atoms with Crippen LogP contribution in [0.5, 0.6) is 5.88 Å². The van der Waals surface area contributed by atoms with E-state index in [-0.39, 0.29) is 18.4 Å². The molecule has 1 fully saturated rings. The summed E-state index contributed by atoms with van der Waals surface area (Å²) in [5.41, 5.74) is 0.687. The Labute approximate surface area is 161 Å². The van der Waals surface area contributed by atoms with Gasteiger partial charge in [-0.2, -0.15) is 0 Å². The average molecular weight is 385 g/mol. The molecular weight excluding hydrogens is 362 g/mol. The number of hydrogen-bond acceptors (Lipinski definition) is 5. The molecule has 3 heterocycles. The predicted octanol–water partition coefficient (Wildman–Crippen LogP) is 0.484. The van der Waals surface area contributed by atoms with Crippen molar-refractivity contribution in [2.75, 3.05) is 13.1 Å². The fraction of sp³-hybridized carbons (Fsp3) is 0.450. The monoisotopic (exact) mass is 385 g/mol. The molecule has 4 rings (SSSR count). The number of carbonyl (C=O) groups excluding carboxylic acids is 1. The Morgan fingerprint density at radius 1 is 1.11 bits per heavy atom. The molecule has 8 heteroatoms. The van der Waals surface area contributed by atoms with Gasteiger partial charge in [-0.3, -0.25) is 19.6 Å². The van der Waals surface area contributed by atoms with E-state index in [2.05, 4.69) is 9.97 Å². The highest BCUT2D eigenvalue weighted by atomic mass is 16.5. The summed E-state index contributed by atoms with van der Waals surface area (Å²) in [5.74, 6) is 0.313. The van der Waals surface area contributed by atoms with E-state index in [1.165, 1.54) is 0 Å². The molecule has 0 bridgehead atoms. The standard InChI is InChI=1S/C20H23N3O5/c24-12-14-4-2-13(3-5-14)10-16(25)23-8-1-6-20(7-9-23)11-15-17(26)21-19(27)22-18(15)28-20/h2-5,24H,1,6-12H2,(H2,21,22,26,27). The lowest BCUT2D eigenvalue weighted by Crippen LogP contribution is -2.38. The third-order valence-electron chi connectivity index (χ3n) is 5.63. The van der Waals surface area contributed by atoms with E-state index >= 15 is 0 Å². The molecule has 1 spiro atoms. The number of aromatic nitrogens is 2. The molecule has 0 aliphatic carbocycles. The molecule has 1 aromatic heterocycles. The maximum absolute atomic E-state index is 12.7. The average Bonchev–Trinajstić information content (AvgIpc) is 2.90. The molecule has 1 aromatic carbocycles. The molecule has 2 aliphatic rings. The van der Waals surface area contributed by atoms with Crippen molar-refractivity contribution in [1.82, 2.24) is 14.9 Å². The Hall–Kier alpha value is -2.87. The number of benzene rings is 1. The second kappa shape index (κ2) is 7.27. The van der Waals surface area contributed by atoms with Gasteiger partial charge >= 0.3 is 5.69 Å². The number of amides is 1. The molecule has 3 N–H and O–H groups in total. The lowest BCUT2D eigenvalue weighted by atomic mass is 9.90. The van der Waals surface area contributed by atoms with Crippen LogP contribution in [-0.4, -0.2) is 44.6 Å². The van der Waals surface area contributed by atoms with E-state index in [1.807, 2.05) is 29.2 Å². The first-order chi connectivity index (χ1) is 13.5. The lowest BCUT2D eigenvalue weighted by molar-refractivity contribution is -0.130. The van der Waals surface area contributed by atoms with Crippen LogP contribution >= 0.6 is 0 Å². The first kappa shape index (κ1) is 18.5. The van der Waals surface area contributed by atoms with Gasteiger partial charge in [-0.15, -0.1) is 0 Å². The minimum atomic E-state index is -0.571. The predicted molar refractivity (Wildman–Crippen MR) is 101 cm³/mol. The molecule has 1 saturated heterocycles. The Balaban J connectivity index is 1.42. The highest BCUT2D eigenvalue weighted by Crippen LogP contribution is 2.37.